The predicted octanol–water partition coefficient (Wildman–Crippen LogP) is 1.77. The second-order valence-electron chi connectivity index (χ2n) is 4.27. The van der Waals surface area contributed by atoms with Crippen LogP contribution in [0.2, 0.25) is 0 Å². The molecule has 2 rings (SSSR count). The van der Waals surface area contributed by atoms with Gasteiger partial charge in [0.25, 0.3) is 0 Å². The standard InChI is InChI=1S/C13H20N2O2/c1-4-14-5-6-15(3)11-8-13-12(7-10(11)2)16-9-17-13/h7-8,14H,4-6,9H2,1-3H3. The van der Waals surface area contributed by atoms with Crippen LogP contribution in [0.5, 0.6) is 11.5 Å². The molecule has 4 nitrogen and oxygen atoms in total. The van der Waals surface area contributed by atoms with Gasteiger partial charge < -0.3 is 19.7 Å². The molecule has 0 saturated carbocycles. The number of rotatable bonds is 5. The summed E-state index contributed by atoms with van der Waals surface area (Å²) in [5, 5.41) is 3.32. The number of hydrogen-bond acceptors (Lipinski definition) is 4. The van der Waals surface area contributed by atoms with Gasteiger partial charge in [-0.3, -0.25) is 0 Å². The molecule has 1 N–H and O–H groups in total. The summed E-state index contributed by atoms with van der Waals surface area (Å²) in [5.41, 5.74) is 2.42. The molecule has 0 atom stereocenters. The largest absolute Gasteiger partial charge is 0.454 e. The van der Waals surface area contributed by atoms with Crippen LogP contribution in [-0.2, 0) is 0 Å². The minimum Gasteiger partial charge on any atom is -0.454 e. The summed E-state index contributed by atoms with van der Waals surface area (Å²) in [6.07, 6.45) is 0. The number of anilines is 1. The quantitative estimate of drug-likeness (QED) is 0.790. The highest BCUT2D eigenvalue weighted by atomic mass is 16.7. The average Bonchev–Trinajstić information content (AvgIpc) is 2.75. The van der Waals surface area contributed by atoms with Crippen LogP contribution in [0.4, 0.5) is 5.69 Å². The average molecular weight is 236 g/mol. The SMILES string of the molecule is CCNCCN(C)c1cc2c(cc1C)OCO2. The lowest BCUT2D eigenvalue weighted by molar-refractivity contribution is 0.174. The fraction of sp³-hybridized carbons (Fsp3) is 0.538. The van der Waals surface area contributed by atoms with Crippen LogP contribution in [0.25, 0.3) is 0 Å². The number of fused-ring (bicyclic) bond motifs is 1. The number of likely N-dealkylation sites (N-methyl/N-ethyl adjacent to an activating group) is 2. The molecular weight excluding hydrogens is 216 g/mol. The zero-order valence-corrected chi connectivity index (χ0v) is 10.7. The number of nitrogens with one attached hydrogen (secondary N) is 1. The molecule has 1 aromatic carbocycles. The monoisotopic (exact) mass is 236 g/mol. The third-order valence-corrected chi connectivity index (χ3v) is 2.98. The topological polar surface area (TPSA) is 33.7 Å². The highest BCUT2D eigenvalue weighted by Crippen LogP contribution is 2.37. The maximum atomic E-state index is 5.41. The van der Waals surface area contributed by atoms with Crippen molar-refractivity contribution in [2.45, 2.75) is 13.8 Å². The molecule has 1 aliphatic rings. The van der Waals surface area contributed by atoms with Gasteiger partial charge in [0.2, 0.25) is 6.79 Å². The van der Waals surface area contributed by atoms with E-state index in [1.165, 1.54) is 11.3 Å². The van der Waals surface area contributed by atoms with Crippen LogP contribution >= 0.6 is 0 Å². The summed E-state index contributed by atoms with van der Waals surface area (Å²) in [6, 6.07) is 4.10. The van der Waals surface area contributed by atoms with Crippen LogP contribution in [0.1, 0.15) is 12.5 Å². The molecule has 0 aliphatic carbocycles. The van der Waals surface area contributed by atoms with E-state index < -0.39 is 0 Å². The van der Waals surface area contributed by atoms with Gasteiger partial charge in [-0.1, -0.05) is 6.92 Å². The molecule has 1 aromatic rings. The summed E-state index contributed by atoms with van der Waals surface area (Å²) in [7, 11) is 2.10. The molecule has 0 aromatic heterocycles. The molecule has 0 bridgehead atoms. The van der Waals surface area contributed by atoms with Gasteiger partial charge in [0.05, 0.1) is 0 Å². The van der Waals surface area contributed by atoms with Crippen molar-refractivity contribution in [2.24, 2.45) is 0 Å². The van der Waals surface area contributed by atoms with E-state index in [1.807, 2.05) is 6.07 Å². The Morgan fingerprint density at radius 2 is 2.00 bits per heavy atom. The molecule has 1 aliphatic heterocycles. The maximum absolute atomic E-state index is 5.41. The lowest BCUT2D eigenvalue weighted by atomic mass is 10.1. The predicted molar refractivity (Wildman–Crippen MR) is 69.1 cm³/mol. The second-order valence-corrected chi connectivity index (χ2v) is 4.27. The summed E-state index contributed by atoms with van der Waals surface area (Å²) in [4.78, 5) is 2.24. The minimum absolute atomic E-state index is 0.333. The van der Waals surface area contributed by atoms with E-state index in [2.05, 4.69) is 37.2 Å². The van der Waals surface area contributed by atoms with Crippen molar-refractivity contribution in [3.8, 4) is 11.5 Å². The molecule has 0 fully saturated rings. The Morgan fingerprint density at radius 3 is 2.71 bits per heavy atom. The second kappa shape index (κ2) is 5.27. The van der Waals surface area contributed by atoms with Gasteiger partial charge in [0.1, 0.15) is 0 Å². The first-order valence-corrected chi connectivity index (χ1v) is 6.04. The Morgan fingerprint density at radius 1 is 1.29 bits per heavy atom. The van der Waals surface area contributed by atoms with Crippen molar-refractivity contribution in [1.29, 1.82) is 0 Å². The highest BCUT2D eigenvalue weighted by Gasteiger charge is 2.17. The highest BCUT2D eigenvalue weighted by molar-refractivity contribution is 5.61. The number of aryl methyl sites for hydroxylation is 1. The van der Waals surface area contributed by atoms with E-state index in [1.54, 1.807) is 0 Å². The van der Waals surface area contributed by atoms with E-state index in [0.29, 0.717) is 6.79 Å². The minimum atomic E-state index is 0.333. The van der Waals surface area contributed by atoms with Gasteiger partial charge in [-0.25, -0.2) is 0 Å². The lowest BCUT2D eigenvalue weighted by Crippen LogP contribution is -2.29. The van der Waals surface area contributed by atoms with Crippen LogP contribution < -0.4 is 19.7 Å². The first kappa shape index (κ1) is 12.0. The van der Waals surface area contributed by atoms with Gasteiger partial charge in [0.15, 0.2) is 11.5 Å². The summed E-state index contributed by atoms with van der Waals surface area (Å²) in [6.45, 7) is 7.52. The fourth-order valence-corrected chi connectivity index (χ4v) is 1.99. The normalized spacial score (nSPS) is 12.9. The van der Waals surface area contributed by atoms with E-state index in [9.17, 15) is 0 Å². The molecule has 0 amide bonds. The van der Waals surface area contributed by atoms with Gasteiger partial charge in [-0.15, -0.1) is 0 Å². The van der Waals surface area contributed by atoms with Crippen LogP contribution in [-0.4, -0.2) is 33.5 Å². The van der Waals surface area contributed by atoms with Gasteiger partial charge >= 0.3 is 0 Å². The van der Waals surface area contributed by atoms with Gasteiger partial charge in [-0.05, 0) is 25.1 Å². The molecular formula is C13H20N2O2. The van der Waals surface area contributed by atoms with Crippen molar-refractivity contribution >= 4 is 5.69 Å². The molecule has 17 heavy (non-hydrogen) atoms. The molecule has 4 heteroatoms. The zero-order chi connectivity index (χ0) is 12.3. The van der Waals surface area contributed by atoms with Crippen molar-refractivity contribution in [3.05, 3.63) is 17.7 Å². The number of nitrogens with zero attached hydrogens (tertiary/aromatic N) is 1. The van der Waals surface area contributed by atoms with Crippen molar-refractivity contribution < 1.29 is 9.47 Å². The summed E-state index contributed by atoms with van der Waals surface area (Å²) < 4.78 is 10.8. The third-order valence-electron chi connectivity index (χ3n) is 2.98. The summed E-state index contributed by atoms with van der Waals surface area (Å²) in [5.74, 6) is 1.70. The fourth-order valence-electron chi connectivity index (χ4n) is 1.99. The zero-order valence-electron chi connectivity index (χ0n) is 10.7. The van der Waals surface area contributed by atoms with E-state index in [0.717, 1.165) is 31.1 Å². The van der Waals surface area contributed by atoms with Crippen molar-refractivity contribution in [2.75, 3.05) is 38.4 Å². The van der Waals surface area contributed by atoms with Gasteiger partial charge in [-0.2, -0.15) is 0 Å². The maximum Gasteiger partial charge on any atom is 0.231 e. The van der Waals surface area contributed by atoms with Gasteiger partial charge in [0, 0.05) is 31.9 Å². The van der Waals surface area contributed by atoms with Crippen molar-refractivity contribution in [1.82, 2.24) is 5.32 Å². The molecule has 0 spiro atoms. The third kappa shape index (κ3) is 2.64. The Kier molecular flexibility index (Phi) is 3.74. The van der Waals surface area contributed by atoms with Crippen molar-refractivity contribution in [3.63, 3.8) is 0 Å². The lowest BCUT2D eigenvalue weighted by Gasteiger charge is -2.21. The van der Waals surface area contributed by atoms with Crippen LogP contribution in [0, 0.1) is 6.92 Å². The van der Waals surface area contributed by atoms with Crippen LogP contribution in [0.3, 0.4) is 0 Å². The molecule has 1 heterocycles. The van der Waals surface area contributed by atoms with E-state index in [4.69, 9.17) is 9.47 Å². The summed E-state index contributed by atoms with van der Waals surface area (Å²) >= 11 is 0. The van der Waals surface area contributed by atoms with Crippen LogP contribution in [0.15, 0.2) is 12.1 Å². The Hall–Kier alpha value is -1.42. The van der Waals surface area contributed by atoms with E-state index >= 15 is 0 Å². The Balaban J connectivity index is 2.09. The molecule has 94 valence electrons. The first-order chi connectivity index (χ1) is 8.22. The molecule has 0 radical (unpaired) electrons. The molecule has 0 unspecified atom stereocenters. The Labute approximate surface area is 103 Å². The number of benzene rings is 1. The Bertz CT molecular complexity index is 393. The van der Waals surface area contributed by atoms with E-state index in [-0.39, 0.29) is 0 Å². The first-order valence-electron chi connectivity index (χ1n) is 6.04. The molecule has 0 saturated heterocycles. The number of ether oxygens (including phenoxy) is 2. The number of hydrogen-bond donors (Lipinski definition) is 1. The smallest absolute Gasteiger partial charge is 0.231 e.